The number of unbranched alkanes of at least 4 members (excludes halogenated alkanes) is 9. The molecule has 0 unspecified atom stereocenters. The van der Waals surface area contributed by atoms with Crippen molar-refractivity contribution in [2.24, 2.45) is 0 Å². The van der Waals surface area contributed by atoms with Crippen molar-refractivity contribution in [3.05, 3.63) is 0 Å². The minimum Gasteiger partial charge on any atom is -0.397 e. The van der Waals surface area contributed by atoms with Gasteiger partial charge in [0.1, 0.15) is 0 Å². The molecule has 0 fully saturated rings. The Kier molecular flexibility index (Phi) is 45.6. The largest absolute Gasteiger partial charge is 0.469 e. The molecule has 0 bridgehead atoms. The fraction of sp³-hybridized carbons (Fsp3) is 1.00. The minimum atomic E-state index is -4.24. The summed E-state index contributed by atoms with van der Waals surface area (Å²) in [5.41, 5.74) is 0. The van der Waals surface area contributed by atoms with Gasteiger partial charge in [0.25, 0.3) is 0 Å². The summed E-state index contributed by atoms with van der Waals surface area (Å²) in [7, 11) is -4.24. The maximum Gasteiger partial charge on any atom is 0.469 e. The van der Waals surface area contributed by atoms with Crippen LogP contribution < -0.4 is 12.3 Å². The van der Waals surface area contributed by atoms with Gasteiger partial charge in [0.2, 0.25) is 0 Å². The molecule has 25 heavy (non-hydrogen) atoms. The SMILES string of the molecule is CCCCCCCCCCCCOP(=O)(O)O.CCO.CCO.N.N. The number of aliphatic hydroxyl groups is 2. The van der Waals surface area contributed by atoms with Crippen LogP contribution in [0, 0.1) is 0 Å². The fourth-order valence-electron chi connectivity index (χ4n) is 1.77. The molecule has 0 saturated heterocycles. The average Bonchev–Trinajstić information content (AvgIpc) is 2.45. The second kappa shape index (κ2) is 31.7. The van der Waals surface area contributed by atoms with Crippen LogP contribution in [0.5, 0.6) is 0 Å². The zero-order valence-corrected chi connectivity index (χ0v) is 17.6. The topological polar surface area (TPSA) is 177 Å². The first-order valence-corrected chi connectivity index (χ1v) is 10.3. The first-order chi connectivity index (χ1) is 10.9. The summed E-state index contributed by atoms with van der Waals surface area (Å²) in [4.78, 5) is 16.9. The summed E-state index contributed by atoms with van der Waals surface area (Å²) in [5.74, 6) is 0. The molecular formula is C16H45N2O6P. The van der Waals surface area contributed by atoms with Gasteiger partial charge in [-0.2, -0.15) is 0 Å². The highest BCUT2D eigenvalue weighted by Gasteiger charge is 2.12. The third kappa shape index (κ3) is 59.3. The zero-order valence-electron chi connectivity index (χ0n) is 16.7. The van der Waals surface area contributed by atoms with Gasteiger partial charge in [0, 0.05) is 13.2 Å². The van der Waals surface area contributed by atoms with Gasteiger partial charge < -0.3 is 32.3 Å². The van der Waals surface area contributed by atoms with Crippen molar-refractivity contribution in [2.45, 2.75) is 85.0 Å². The summed E-state index contributed by atoms with van der Waals surface area (Å²) in [6.45, 7) is 6.25. The summed E-state index contributed by atoms with van der Waals surface area (Å²) >= 11 is 0. The smallest absolute Gasteiger partial charge is 0.397 e. The van der Waals surface area contributed by atoms with Crippen LogP contribution in [-0.4, -0.2) is 39.8 Å². The van der Waals surface area contributed by atoms with Gasteiger partial charge in [-0.05, 0) is 20.3 Å². The molecule has 0 amide bonds. The lowest BCUT2D eigenvalue weighted by molar-refractivity contribution is 0.193. The Morgan fingerprint density at radius 2 is 0.960 bits per heavy atom. The molecule has 10 N–H and O–H groups in total. The number of hydrogen-bond donors (Lipinski definition) is 6. The van der Waals surface area contributed by atoms with Crippen LogP contribution in [0.15, 0.2) is 0 Å². The van der Waals surface area contributed by atoms with Crippen molar-refractivity contribution in [1.29, 1.82) is 0 Å². The first kappa shape index (κ1) is 36.0. The highest BCUT2D eigenvalue weighted by atomic mass is 31.2. The van der Waals surface area contributed by atoms with E-state index < -0.39 is 7.82 Å². The van der Waals surface area contributed by atoms with E-state index in [1.165, 1.54) is 44.9 Å². The standard InChI is InChI=1S/C12H27O4P.2C2H6O.2H3N/c1-2-3-4-5-6-7-8-9-10-11-12-16-17(13,14)15;2*1-2-3;;/h2-12H2,1H3,(H2,13,14,15);2*3H,2H2,1H3;2*1H3. The van der Waals surface area contributed by atoms with E-state index >= 15 is 0 Å². The molecule has 9 heteroatoms. The third-order valence-electron chi connectivity index (χ3n) is 2.76. The van der Waals surface area contributed by atoms with Crippen LogP contribution >= 0.6 is 7.82 Å². The van der Waals surface area contributed by atoms with E-state index in [2.05, 4.69) is 11.4 Å². The first-order valence-electron chi connectivity index (χ1n) is 8.81. The number of rotatable bonds is 12. The van der Waals surface area contributed by atoms with Gasteiger partial charge in [0.05, 0.1) is 6.61 Å². The van der Waals surface area contributed by atoms with Gasteiger partial charge in [-0.3, -0.25) is 4.52 Å². The minimum absolute atomic E-state index is 0. The monoisotopic (exact) mass is 392 g/mol. The molecule has 0 aliphatic carbocycles. The Labute approximate surface area is 154 Å². The summed E-state index contributed by atoms with van der Waals surface area (Å²) < 4.78 is 14.7. The summed E-state index contributed by atoms with van der Waals surface area (Å²) in [6, 6.07) is 0. The molecule has 0 rings (SSSR count). The molecule has 0 atom stereocenters. The molecule has 0 spiro atoms. The maximum atomic E-state index is 10.4. The Balaban J connectivity index is -0.000000145. The second-order valence-corrected chi connectivity index (χ2v) is 6.38. The van der Waals surface area contributed by atoms with Gasteiger partial charge in [-0.25, -0.2) is 4.57 Å². The van der Waals surface area contributed by atoms with Crippen molar-refractivity contribution in [3.63, 3.8) is 0 Å². The molecule has 0 aromatic heterocycles. The zero-order chi connectivity index (χ0) is 18.4. The van der Waals surface area contributed by atoms with Crippen molar-refractivity contribution in [3.8, 4) is 0 Å². The van der Waals surface area contributed by atoms with E-state index in [-0.39, 0.29) is 32.1 Å². The normalized spacial score (nSPS) is 9.56. The molecule has 8 nitrogen and oxygen atoms in total. The van der Waals surface area contributed by atoms with Crippen LogP contribution in [0.3, 0.4) is 0 Å². The van der Waals surface area contributed by atoms with Gasteiger partial charge in [-0.1, -0.05) is 64.7 Å². The lowest BCUT2D eigenvalue weighted by atomic mass is 10.1. The van der Waals surface area contributed by atoms with Crippen LogP contribution in [0.2, 0.25) is 0 Å². The predicted octanol–water partition coefficient (Wildman–Crippen LogP) is 4.34. The Bertz CT molecular complexity index is 241. The van der Waals surface area contributed by atoms with E-state index in [0.717, 1.165) is 19.3 Å². The van der Waals surface area contributed by atoms with Crippen molar-refractivity contribution < 1.29 is 29.1 Å². The molecule has 0 saturated carbocycles. The second-order valence-electron chi connectivity index (χ2n) is 5.14. The van der Waals surface area contributed by atoms with Crippen molar-refractivity contribution in [1.82, 2.24) is 12.3 Å². The lowest BCUT2D eigenvalue weighted by Gasteiger charge is -2.05. The molecule has 160 valence electrons. The predicted molar refractivity (Wildman–Crippen MR) is 105 cm³/mol. The maximum absolute atomic E-state index is 10.4. The van der Waals surface area contributed by atoms with E-state index in [1.54, 1.807) is 13.8 Å². The highest BCUT2D eigenvalue weighted by molar-refractivity contribution is 7.46. The number of phosphoric ester groups is 1. The molecule has 0 aliphatic rings. The molecule has 0 aliphatic heterocycles. The molecular weight excluding hydrogens is 347 g/mol. The number of phosphoric acid groups is 1. The molecule has 0 radical (unpaired) electrons. The van der Waals surface area contributed by atoms with E-state index in [1.807, 2.05) is 0 Å². The summed E-state index contributed by atoms with van der Waals surface area (Å²) in [6.07, 6.45) is 12.0. The third-order valence-corrected chi connectivity index (χ3v) is 3.28. The van der Waals surface area contributed by atoms with Crippen molar-refractivity contribution in [2.75, 3.05) is 19.8 Å². The fourth-order valence-corrected chi connectivity index (χ4v) is 2.14. The number of aliphatic hydroxyl groups excluding tert-OH is 2. The van der Waals surface area contributed by atoms with Gasteiger partial charge in [0.15, 0.2) is 0 Å². The average molecular weight is 393 g/mol. The van der Waals surface area contributed by atoms with Crippen LogP contribution in [-0.2, 0) is 9.09 Å². The Morgan fingerprint density at radius 1 is 0.680 bits per heavy atom. The number of hydrogen-bond acceptors (Lipinski definition) is 6. The molecule has 0 heterocycles. The van der Waals surface area contributed by atoms with E-state index in [4.69, 9.17) is 20.0 Å². The van der Waals surface area contributed by atoms with E-state index in [9.17, 15) is 4.57 Å². The van der Waals surface area contributed by atoms with Crippen LogP contribution in [0.4, 0.5) is 0 Å². The highest BCUT2D eigenvalue weighted by Crippen LogP contribution is 2.35. The Hall–Kier alpha value is -0.0500. The van der Waals surface area contributed by atoms with Crippen LogP contribution in [0.25, 0.3) is 0 Å². The molecule has 0 aromatic carbocycles. The quantitative estimate of drug-likeness (QED) is 0.210. The lowest BCUT2D eigenvalue weighted by Crippen LogP contribution is -1.92. The van der Waals surface area contributed by atoms with Gasteiger partial charge in [-0.15, -0.1) is 0 Å². The van der Waals surface area contributed by atoms with Crippen molar-refractivity contribution >= 4 is 7.82 Å². The summed E-state index contributed by atoms with van der Waals surface area (Å²) in [5, 5.41) is 15.1. The Morgan fingerprint density at radius 3 is 1.24 bits per heavy atom. The van der Waals surface area contributed by atoms with Gasteiger partial charge >= 0.3 is 7.82 Å². The molecule has 0 aromatic rings. The van der Waals surface area contributed by atoms with Crippen LogP contribution in [0.1, 0.15) is 85.0 Å². The van der Waals surface area contributed by atoms with E-state index in [0.29, 0.717) is 0 Å².